The maximum Gasteiger partial charge on any atom is 0.0107 e. The smallest absolute Gasteiger partial charge is 0.0107 e. The van der Waals surface area contributed by atoms with Crippen LogP contribution in [0.25, 0.3) is 0 Å². The fraction of sp³-hybridized carbons (Fsp3) is 0.625. The molecule has 0 aliphatic carbocycles. The predicted molar refractivity (Wildman–Crippen MR) is 80.2 cm³/mol. The van der Waals surface area contributed by atoms with Gasteiger partial charge in [0, 0.05) is 13.1 Å². The van der Waals surface area contributed by atoms with Crippen molar-refractivity contribution >= 4 is 0 Å². The topological polar surface area (TPSA) is 15.3 Å². The minimum absolute atomic E-state index is 1.11. The Morgan fingerprint density at radius 1 is 1.11 bits per heavy atom. The second-order valence-corrected chi connectivity index (χ2v) is 4.87. The Morgan fingerprint density at radius 2 is 1.89 bits per heavy atom. The van der Waals surface area contributed by atoms with Gasteiger partial charge in [0.2, 0.25) is 0 Å². The summed E-state index contributed by atoms with van der Waals surface area (Å²) in [7, 11) is 0. The highest BCUT2D eigenvalue weighted by Crippen LogP contribution is 2.05. The highest BCUT2D eigenvalue weighted by Gasteiger charge is 1.97. The van der Waals surface area contributed by atoms with E-state index in [0.29, 0.717) is 0 Å². The molecule has 0 heterocycles. The van der Waals surface area contributed by atoms with Crippen molar-refractivity contribution in [1.82, 2.24) is 10.2 Å². The Labute approximate surface area is 112 Å². The predicted octanol–water partition coefficient (Wildman–Crippen LogP) is 2.86. The molecule has 1 aromatic carbocycles. The SMILES string of the molecule is CCN(CC)CCNCCCc1cccc(C)c1. The molecule has 0 saturated heterocycles. The maximum absolute atomic E-state index is 3.53. The average molecular weight is 248 g/mol. The molecule has 1 N–H and O–H groups in total. The fourth-order valence-corrected chi connectivity index (χ4v) is 2.19. The zero-order valence-corrected chi connectivity index (χ0v) is 12.2. The van der Waals surface area contributed by atoms with Crippen molar-refractivity contribution < 1.29 is 0 Å². The second-order valence-electron chi connectivity index (χ2n) is 4.87. The van der Waals surface area contributed by atoms with Crippen LogP contribution >= 0.6 is 0 Å². The van der Waals surface area contributed by atoms with Gasteiger partial charge < -0.3 is 10.2 Å². The van der Waals surface area contributed by atoms with Gasteiger partial charge in [0.05, 0.1) is 0 Å². The quantitative estimate of drug-likeness (QED) is 0.676. The van der Waals surface area contributed by atoms with Crippen LogP contribution in [-0.4, -0.2) is 37.6 Å². The molecule has 0 aliphatic heterocycles. The first-order valence-electron chi connectivity index (χ1n) is 7.24. The van der Waals surface area contributed by atoms with Crippen LogP contribution in [0.2, 0.25) is 0 Å². The molecule has 2 heteroatoms. The Bertz CT molecular complexity index is 319. The van der Waals surface area contributed by atoms with E-state index in [4.69, 9.17) is 0 Å². The molecule has 0 atom stereocenters. The van der Waals surface area contributed by atoms with Gasteiger partial charge in [0.1, 0.15) is 0 Å². The van der Waals surface area contributed by atoms with Crippen molar-refractivity contribution in [3.8, 4) is 0 Å². The van der Waals surface area contributed by atoms with E-state index in [9.17, 15) is 0 Å². The monoisotopic (exact) mass is 248 g/mol. The number of hydrogen-bond donors (Lipinski definition) is 1. The Morgan fingerprint density at radius 3 is 2.56 bits per heavy atom. The first-order valence-corrected chi connectivity index (χ1v) is 7.24. The van der Waals surface area contributed by atoms with E-state index < -0.39 is 0 Å². The van der Waals surface area contributed by atoms with Gasteiger partial charge in [-0.2, -0.15) is 0 Å². The van der Waals surface area contributed by atoms with Gasteiger partial charge in [-0.05, 0) is 45.0 Å². The first-order chi connectivity index (χ1) is 8.76. The summed E-state index contributed by atoms with van der Waals surface area (Å²) < 4.78 is 0. The van der Waals surface area contributed by atoms with Gasteiger partial charge in [-0.25, -0.2) is 0 Å². The van der Waals surface area contributed by atoms with Gasteiger partial charge in [-0.15, -0.1) is 0 Å². The summed E-state index contributed by atoms with van der Waals surface area (Å²) >= 11 is 0. The molecule has 2 nitrogen and oxygen atoms in total. The summed E-state index contributed by atoms with van der Waals surface area (Å²) in [5.41, 5.74) is 2.82. The van der Waals surface area contributed by atoms with E-state index in [0.717, 1.165) is 32.7 Å². The lowest BCUT2D eigenvalue weighted by Gasteiger charge is -2.17. The lowest BCUT2D eigenvalue weighted by atomic mass is 10.1. The number of nitrogens with zero attached hydrogens (tertiary/aromatic N) is 1. The molecule has 0 aliphatic rings. The Balaban J connectivity index is 2.05. The summed E-state index contributed by atoms with van der Waals surface area (Å²) in [6.45, 7) is 12.3. The third kappa shape index (κ3) is 6.18. The third-order valence-corrected chi connectivity index (χ3v) is 3.40. The summed E-state index contributed by atoms with van der Waals surface area (Å²) in [6, 6.07) is 8.82. The van der Waals surface area contributed by atoms with Crippen LogP contribution in [-0.2, 0) is 6.42 Å². The van der Waals surface area contributed by atoms with Gasteiger partial charge in [-0.1, -0.05) is 43.7 Å². The molecule has 1 aromatic rings. The average Bonchev–Trinajstić information content (AvgIpc) is 2.38. The lowest BCUT2D eigenvalue weighted by molar-refractivity contribution is 0.302. The molecule has 102 valence electrons. The van der Waals surface area contributed by atoms with Crippen LogP contribution in [0, 0.1) is 6.92 Å². The highest BCUT2D eigenvalue weighted by molar-refractivity contribution is 5.22. The molecule has 0 spiro atoms. The Hall–Kier alpha value is -0.860. The van der Waals surface area contributed by atoms with Crippen molar-refractivity contribution in [3.63, 3.8) is 0 Å². The van der Waals surface area contributed by atoms with E-state index in [-0.39, 0.29) is 0 Å². The lowest BCUT2D eigenvalue weighted by Crippen LogP contribution is -2.32. The molecule has 0 amide bonds. The summed E-state index contributed by atoms with van der Waals surface area (Å²) in [5.74, 6) is 0. The van der Waals surface area contributed by atoms with E-state index in [1.165, 1.54) is 24.0 Å². The largest absolute Gasteiger partial charge is 0.315 e. The number of hydrogen-bond acceptors (Lipinski definition) is 2. The first kappa shape index (κ1) is 15.2. The summed E-state index contributed by atoms with van der Waals surface area (Å²) in [5, 5.41) is 3.53. The van der Waals surface area contributed by atoms with Crippen LogP contribution in [0.15, 0.2) is 24.3 Å². The highest BCUT2D eigenvalue weighted by atomic mass is 15.1. The molecule has 0 bridgehead atoms. The number of nitrogens with one attached hydrogen (secondary N) is 1. The number of rotatable bonds is 9. The zero-order valence-electron chi connectivity index (χ0n) is 12.2. The van der Waals surface area contributed by atoms with Gasteiger partial charge in [-0.3, -0.25) is 0 Å². The molecular weight excluding hydrogens is 220 g/mol. The molecule has 0 aromatic heterocycles. The van der Waals surface area contributed by atoms with Crippen LogP contribution in [0.1, 0.15) is 31.4 Å². The minimum Gasteiger partial charge on any atom is -0.315 e. The molecule has 18 heavy (non-hydrogen) atoms. The molecule has 1 rings (SSSR count). The molecule has 0 radical (unpaired) electrons. The standard InChI is InChI=1S/C16H28N2/c1-4-18(5-2)13-12-17-11-7-10-16-9-6-8-15(3)14-16/h6,8-9,14,17H,4-5,7,10-13H2,1-3H3. The van der Waals surface area contributed by atoms with Crippen LogP contribution in [0.5, 0.6) is 0 Å². The fourth-order valence-electron chi connectivity index (χ4n) is 2.19. The van der Waals surface area contributed by atoms with Crippen LogP contribution in [0.3, 0.4) is 0 Å². The number of aryl methyl sites for hydroxylation is 2. The van der Waals surface area contributed by atoms with Crippen molar-refractivity contribution in [2.75, 3.05) is 32.7 Å². The van der Waals surface area contributed by atoms with E-state index in [2.05, 4.69) is 55.3 Å². The molecule has 0 saturated carbocycles. The zero-order chi connectivity index (χ0) is 13.2. The molecular formula is C16H28N2. The summed E-state index contributed by atoms with van der Waals surface area (Å²) in [4.78, 5) is 2.45. The van der Waals surface area contributed by atoms with Gasteiger partial charge in [0.25, 0.3) is 0 Å². The van der Waals surface area contributed by atoms with E-state index in [1.807, 2.05) is 0 Å². The number of likely N-dealkylation sites (N-methyl/N-ethyl adjacent to an activating group) is 1. The van der Waals surface area contributed by atoms with E-state index in [1.54, 1.807) is 0 Å². The van der Waals surface area contributed by atoms with Crippen molar-refractivity contribution in [1.29, 1.82) is 0 Å². The number of benzene rings is 1. The van der Waals surface area contributed by atoms with Crippen molar-refractivity contribution in [2.24, 2.45) is 0 Å². The van der Waals surface area contributed by atoms with Gasteiger partial charge >= 0.3 is 0 Å². The van der Waals surface area contributed by atoms with Crippen LogP contribution in [0.4, 0.5) is 0 Å². The maximum atomic E-state index is 3.53. The van der Waals surface area contributed by atoms with Crippen molar-refractivity contribution in [3.05, 3.63) is 35.4 Å². The third-order valence-electron chi connectivity index (χ3n) is 3.40. The van der Waals surface area contributed by atoms with E-state index >= 15 is 0 Å². The second kappa shape index (κ2) is 9.12. The van der Waals surface area contributed by atoms with Crippen LogP contribution < -0.4 is 5.32 Å². The molecule has 0 unspecified atom stereocenters. The van der Waals surface area contributed by atoms with Crippen molar-refractivity contribution in [2.45, 2.75) is 33.6 Å². The molecule has 0 fully saturated rings. The normalized spacial score (nSPS) is 11.1. The van der Waals surface area contributed by atoms with Gasteiger partial charge in [0.15, 0.2) is 0 Å². The summed E-state index contributed by atoms with van der Waals surface area (Å²) in [6.07, 6.45) is 2.40. The Kier molecular flexibility index (Phi) is 7.70. The minimum atomic E-state index is 1.11.